The summed E-state index contributed by atoms with van der Waals surface area (Å²) < 4.78 is 16.9. The van der Waals surface area contributed by atoms with Gasteiger partial charge in [-0.2, -0.15) is 0 Å². The highest BCUT2D eigenvalue weighted by atomic mass is 79.9. The number of ether oxygens (including phenoxy) is 2. The van der Waals surface area contributed by atoms with Crippen molar-refractivity contribution < 1.29 is 13.9 Å². The number of alkyl halides is 1. The van der Waals surface area contributed by atoms with Gasteiger partial charge in [0, 0.05) is 16.5 Å². The first kappa shape index (κ1) is 15.3. The van der Waals surface area contributed by atoms with Gasteiger partial charge in [-0.05, 0) is 23.8 Å². The van der Waals surface area contributed by atoms with Gasteiger partial charge in [-0.3, -0.25) is 0 Å². The maximum Gasteiger partial charge on any atom is 0.161 e. The van der Waals surface area contributed by atoms with Gasteiger partial charge in [0.1, 0.15) is 5.76 Å². The van der Waals surface area contributed by atoms with Gasteiger partial charge in [-0.1, -0.05) is 22.9 Å². The first-order chi connectivity index (χ1) is 9.62. The average Bonchev–Trinajstić information content (AvgIpc) is 2.94. The number of aryl methyl sites for hydroxylation is 1. The van der Waals surface area contributed by atoms with Crippen molar-refractivity contribution in [3.8, 4) is 11.5 Å². The van der Waals surface area contributed by atoms with E-state index in [0.29, 0.717) is 11.5 Å². The largest absolute Gasteiger partial charge is 0.493 e. The molecule has 0 saturated heterocycles. The zero-order valence-electron chi connectivity index (χ0n) is 11.6. The van der Waals surface area contributed by atoms with Gasteiger partial charge in [-0.25, -0.2) is 0 Å². The summed E-state index contributed by atoms with van der Waals surface area (Å²) in [4.78, 5) is 0. The minimum Gasteiger partial charge on any atom is -0.493 e. The van der Waals surface area contributed by atoms with Crippen molar-refractivity contribution in [3.63, 3.8) is 0 Å². The Bertz CT molecular complexity index is 595. The van der Waals surface area contributed by atoms with E-state index >= 15 is 0 Å². The molecule has 0 fully saturated rings. The van der Waals surface area contributed by atoms with E-state index in [0.717, 1.165) is 27.8 Å². The predicted molar refractivity (Wildman–Crippen MR) is 83.0 cm³/mol. The smallest absolute Gasteiger partial charge is 0.161 e. The number of hydrogen-bond acceptors (Lipinski definition) is 3. The third kappa shape index (κ3) is 2.81. The third-order valence-corrected chi connectivity index (χ3v) is 4.31. The van der Waals surface area contributed by atoms with Crippen molar-refractivity contribution in [1.82, 2.24) is 0 Å². The van der Waals surface area contributed by atoms with Crippen molar-refractivity contribution in [1.29, 1.82) is 0 Å². The van der Waals surface area contributed by atoms with Crippen molar-refractivity contribution in [3.05, 3.63) is 45.8 Å². The van der Waals surface area contributed by atoms with E-state index in [4.69, 9.17) is 25.5 Å². The highest BCUT2D eigenvalue weighted by Crippen LogP contribution is 2.41. The normalized spacial score (nSPS) is 12.2. The highest BCUT2D eigenvalue weighted by Gasteiger charge is 2.21. The summed E-state index contributed by atoms with van der Waals surface area (Å²) >= 11 is 10.1. The quantitative estimate of drug-likeness (QED) is 0.708. The van der Waals surface area contributed by atoms with E-state index in [9.17, 15) is 0 Å². The van der Waals surface area contributed by atoms with Gasteiger partial charge >= 0.3 is 0 Å². The Kier molecular flexibility index (Phi) is 5.00. The lowest BCUT2D eigenvalue weighted by Crippen LogP contribution is -1.99. The second-order valence-corrected chi connectivity index (χ2v) is 5.53. The first-order valence-electron chi connectivity index (χ1n) is 6.24. The van der Waals surface area contributed by atoms with Crippen LogP contribution >= 0.6 is 27.5 Å². The molecule has 1 unspecified atom stereocenters. The van der Waals surface area contributed by atoms with Gasteiger partial charge in [-0.15, -0.1) is 11.6 Å². The van der Waals surface area contributed by atoms with E-state index in [1.165, 1.54) is 0 Å². The first-order valence-corrected chi connectivity index (χ1v) is 7.47. The number of halogens is 2. The Morgan fingerprint density at radius 3 is 2.45 bits per heavy atom. The summed E-state index contributed by atoms with van der Waals surface area (Å²) in [5.41, 5.74) is 1.89. The van der Waals surface area contributed by atoms with E-state index in [2.05, 4.69) is 15.9 Å². The molecule has 2 aromatic rings. The molecule has 5 heteroatoms. The molecule has 0 aliphatic rings. The van der Waals surface area contributed by atoms with Gasteiger partial charge in [0.25, 0.3) is 0 Å². The molecule has 1 aromatic carbocycles. The van der Waals surface area contributed by atoms with Crippen LogP contribution in [0.2, 0.25) is 0 Å². The summed E-state index contributed by atoms with van der Waals surface area (Å²) in [5.74, 6) is 2.21. The SMILES string of the molecule is CCc1occc1C(Cl)c1cc(OC)c(OC)cc1Br. The molecular formula is C15H16BrClO3. The standard InChI is InChI=1S/C15H16BrClO3/c1-4-12-9(5-6-20-12)15(17)10-7-13(18-2)14(19-3)8-11(10)16/h5-8,15H,4H2,1-3H3. The Morgan fingerprint density at radius 2 is 1.85 bits per heavy atom. The van der Waals surface area contributed by atoms with Crippen LogP contribution in [0.1, 0.15) is 29.2 Å². The van der Waals surface area contributed by atoms with Crippen molar-refractivity contribution in [2.24, 2.45) is 0 Å². The minimum atomic E-state index is -0.308. The van der Waals surface area contributed by atoms with Crippen molar-refractivity contribution >= 4 is 27.5 Å². The maximum atomic E-state index is 6.60. The Labute approximate surface area is 132 Å². The number of furan rings is 1. The second-order valence-electron chi connectivity index (χ2n) is 4.24. The molecule has 1 aromatic heterocycles. The molecule has 0 aliphatic heterocycles. The molecule has 1 atom stereocenters. The molecule has 2 rings (SSSR count). The topological polar surface area (TPSA) is 31.6 Å². The summed E-state index contributed by atoms with van der Waals surface area (Å²) in [6.07, 6.45) is 2.47. The molecule has 20 heavy (non-hydrogen) atoms. The molecule has 0 aliphatic carbocycles. The van der Waals surface area contributed by atoms with Crippen LogP contribution in [0, 0.1) is 0 Å². The second kappa shape index (κ2) is 6.55. The number of benzene rings is 1. The molecule has 0 saturated carbocycles. The molecule has 3 nitrogen and oxygen atoms in total. The van der Waals surface area contributed by atoms with Crippen LogP contribution in [0.15, 0.2) is 33.4 Å². The van der Waals surface area contributed by atoms with Crippen LogP contribution in [0.25, 0.3) is 0 Å². The zero-order chi connectivity index (χ0) is 14.7. The number of methoxy groups -OCH3 is 2. The summed E-state index contributed by atoms with van der Waals surface area (Å²) in [6.45, 7) is 2.04. The van der Waals surface area contributed by atoms with E-state index in [1.54, 1.807) is 20.5 Å². The Balaban J connectivity index is 2.46. The van der Waals surface area contributed by atoms with E-state index < -0.39 is 0 Å². The average molecular weight is 360 g/mol. The molecule has 0 spiro atoms. The van der Waals surface area contributed by atoms with E-state index in [-0.39, 0.29) is 5.38 Å². The number of rotatable bonds is 5. The molecular weight excluding hydrogens is 344 g/mol. The zero-order valence-corrected chi connectivity index (χ0v) is 13.9. The molecule has 108 valence electrons. The maximum absolute atomic E-state index is 6.60. The van der Waals surface area contributed by atoms with Gasteiger partial charge in [0.05, 0.1) is 25.9 Å². The highest BCUT2D eigenvalue weighted by molar-refractivity contribution is 9.10. The lowest BCUT2D eigenvalue weighted by molar-refractivity contribution is 0.354. The van der Waals surface area contributed by atoms with Crippen molar-refractivity contribution in [2.45, 2.75) is 18.7 Å². The summed E-state index contributed by atoms with van der Waals surface area (Å²) in [7, 11) is 3.21. The van der Waals surface area contributed by atoms with E-state index in [1.807, 2.05) is 25.1 Å². The van der Waals surface area contributed by atoms with Crippen LogP contribution < -0.4 is 9.47 Å². The molecule has 0 bridgehead atoms. The Hall–Kier alpha value is -1.13. The molecule has 1 heterocycles. The van der Waals surface area contributed by atoms with Gasteiger partial charge < -0.3 is 13.9 Å². The lowest BCUT2D eigenvalue weighted by atomic mass is 10.0. The van der Waals surface area contributed by atoms with Crippen LogP contribution in [-0.2, 0) is 6.42 Å². The van der Waals surface area contributed by atoms with Crippen LogP contribution in [0.4, 0.5) is 0 Å². The fourth-order valence-electron chi connectivity index (χ4n) is 2.10. The number of hydrogen-bond donors (Lipinski definition) is 0. The fourth-order valence-corrected chi connectivity index (χ4v) is 3.15. The summed E-state index contributed by atoms with van der Waals surface area (Å²) in [6, 6.07) is 5.64. The summed E-state index contributed by atoms with van der Waals surface area (Å²) in [5, 5.41) is -0.308. The predicted octanol–water partition coefficient (Wildman–Crippen LogP) is 4.95. The monoisotopic (exact) mass is 358 g/mol. The minimum absolute atomic E-state index is 0.308. The fraction of sp³-hybridized carbons (Fsp3) is 0.333. The third-order valence-electron chi connectivity index (χ3n) is 3.15. The van der Waals surface area contributed by atoms with Crippen LogP contribution in [-0.4, -0.2) is 14.2 Å². The Morgan fingerprint density at radius 1 is 1.20 bits per heavy atom. The van der Waals surface area contributed by atoms with Gasteiger partial charge in [0.2, 0.25) is 0 Å². The molecule has 0 amide bonds. The molecule has 0 radical (unpaired) electrons. The van der Waals surface area contributed by atoms with Gasteiger partial charge in [0.15, 0.2) is 11.5 Å². The molecule has 0 N–H and O–H groups in total. The lowest BCUT2D eigenvalue weighted by Gasteiger charge is -2.15. The van der Waals surface area contributed by atoms with Crippen molar-refractivity contribution in [2.75, 3.05) is 14.2 Å². The van der Waals surface area contributed by atoms with Crippen LogP contribution in [0.3, 0.4) is 0 Å². The van der Waals surface area contributed by atoms with Crippen LogP contribution in [0.5, 0.6) is 11.5 Å².